The normalized spacial score (nSPS) is 9.77. The Morgan fingerprint density at radius 1 is 1.54 bits per heavy atom. The van der Waals surface area contributed by atoms with Crippen LogP contribution in [0.3, 0.4) is 0 Å². The molecule has 0 unspecified atom stereocenters. The molecule has 0 fully saturated rings. The Labute approximate surface area is 76.8 Å². The van der Waals surface area contributed by atoms with Gasteiger partial charge in [0.2, 0.25) is 0 Å². The zero-order valence-corrected chi connectivity index (χ0v) is 8.17. The first kappa shape index (κ1) is 14.6. The molecule has 6 nitrogen and oxygen atoms in total. The SMILES string of the molecule is C=C(C)C(=O)O.CCOS(=O)(=O)O. The van der Waals surface area contributed by atoms with Crippen LogP contribution in [0.4, 0.5) is 0 Å². The van der Waals surface area contributed by atoms with Gasteiger partial charge >= 0.3 is 16.4 Å². The standard InChI is InChI=1S/C4H6O2.C2H6O4S/c1-3(2)4(5)6;1-2-6-7(3,4)5/h1H2,2H3,(H,5,6);2H2,1H3,(H,3,4,5). The highest BCUT2D eigenvalue weighted by atomic mass is 32.3. The van der Waals surface area contributed by atoms with E-state index in [1.54, 1.807) is 0 Å². The molecule has 0 aromatic heterocycles. The van der Waals surface area contributed by atoms with Crippen LogP contribution in [-0.4, -0.2) is 30.7 Å². The molecule has 0 aromatic carbocycles. The fourth-order valence-corrected chi connectivity index (χ4v) is 0.447. The van der Waals surface area contributed by atoms with Gasteiger partial charge in [-0.25, -0.2) is 8.98 Å². The summed E-state index contributed by atoms with van der Waals surface area (Å²) in [4.78, 5) is 9.60. The summed E-state index contributed by atoms with van der Waals surface area (Å²) in [7, 11) is -4.17. The van der Waals surface area contributed by atoms with Gasteiger partial charge < -0.3 is 5.11 Å². The molecule has 13 heavy (non-hydrogen) atoms. The third-order valence-corrected chi connectivity index (χ3v) is 1.17. The quantitative estimate of drug-likeness (QED) is 0.521. The van der Waals surface area contributed by atoms with Gasteiger partial charge in [0.15, 0.2) is 0 Å². The van der Waals surface area contributed by atoms with Crippen LogP contribution >= 0.6 is 0 Å². The van der Waals surface area contributed by atoms with Crippen molar-refractivity contribution >= 4 is 16.4 Å². The van der Waals surface area contributed by atoms with Crippen molar-refractivity contribution in [1.82, 2.24) is 0 Å². The number of hydrogen-bond donors (Lipinski definition) is 2. The molecule has 0 aromatic rings. The Balaban J connectivity index is 0. The Hall–Kier alpha value is -0.920. The largest absolute Gasteiger partial charge is 0.478 e. The maximum absolute atomic E-state index is 9.60. The van der Waals surface area contributed by atoms with E-state index in [0.717, 1.165) is 0 Å². The molecule has 0 heterocycles. The molecule has 7 heteroatoms. The second-order valence-electron chi connectivity index (χ2n) is 1.92. The average molecular weight is 212 g/mol. The van der Waals surface area contributed by atoms with Crippen molar-refractivity contribution in [3.8, 4) is 0 Å². The highest BCUT2D eigenvalue weighted by Crippen LogP contribution is 1.81. The Bertz CT molecular complexity index is 253. The third-order valence-electron chi connectivity index (χ3n) is 0.632. The van der Waals surface area contributed by atoms with Crippen molar-refractivity contribution in [2.24, 2.45) is 0 Å². The second-order valence-corrected chi connectivity index (χ2v) is 3.01. The molecule has 0 saturated carbocycles. The Morgan fingerprint density at radius 3 is 1.85 bits per heavy atom. The third kappa shape index (κ3) is 18.2. The molecule has 0 spiro atoms. The van der Waals surface area contributed by atoms with Crippen molar-refractivity contribution in [1.29, 1.82) is 0 Å². The Kier molecular flexibility index (Phi) is 7.39. The summed E-state index contributed by atoms with van der Waals surface area (Å²) >= 11 is 0. The summed E-state index contributed by atoms with van der Waals surface area (Å²) in [5.41, 5.74) is 0.176. The van der Waals surface area contributed by atoms with Crippen LogP contribution in [0.25, 0.3) is 0 Å². The molecule has 0 amide bonds. The number of carbonyl (C=O) groups is 1. The smallest absolute Gasteiger partial charge is 0.397 e. The molecule has 0 rings (SSSR count). The number of hydrogen-bond acceptors (Lipinski definition) is 4. The molecule has 0 radical (unpaired) electrons. The van der Waals surface area contributed by atoms with E-state index in [0.29, 0.717) is 0 Å². The summed E-state index contributed by atoms with van der Waals surface area (Å²) in [6, 6.07) is 0. The highest BCUT2D eigenvalue weighted by molar-refractivity contribution is 7.80. The number of aliphatic carboxylic acids is 1. The lowest BCUT2D eigenvalue weighted by Crippen LogP contribution is -2.01. The first-order valence-electron chi connectivity index (χ1n) is 3.21. The first-order chi connectivity index (χ1) is 5.70. The van der Waals surface area contributed by atoms with Gasteiger partial charge in [0, 0.05) is 5.57 Å². The molecular weight excluding hydrogens is 200 g/mol. The fourth-order valence-electron chi connectivity index (χ4n) is 0.149. The number of carboxylic acids is 1. The van der Waals surface area contributed by atoms with Gasteiger partial charge in [0.25, 0.3) is 0 Å². The maximum Gasteiger partial charge on any atom is 0.397 e. The van der Waals surface area contributed by atoms with E-state index in [2.05, 4.69) is 10.8 Å². The van der Waals surface area contributed by atoms with Crippen molar-refractivity contribution in [3.05, 3.63) is 12.2 Å². The van der Waals surface area contributed by atoms with Crippen LogP contribution in [0, 0.1) is 0 Å². The minimum atomic E-state index is -4.17. The maximum atomic E-state index is 9.60. The summed E-state index contributed by atoms with van der Waals surface area (Å²) in [5.74, 6) is -0.935. The number of rotatable bonds is 3. The van der Waals surface area contributed by atoms with Gasteiger partial charge in [-0.2, -0.15) is 8.42 Å². The van der Waals surface area contributed by atoms with Crippen molar-refractivity contribution in [2.75, 3.05) is 6.61 Å². The molecule has 0 bridgehead atoms. The minimum Gasteiger partial charge on any atom is -0.478 e. The summed E-state index contributed by atoms with van der Waals surface area (Å²) in [5, 5.41) is 7.89. The number of carboxylic acid groups (broad SMARTS) is 1. The lowest BCUT2D eigenvalue weighted by Gasteiger charge is -1.88. The molecular formula is C6H12O6S. The van der Waals surface area contributed by atoms with Crippen LogP contribution in [0.2, 0.25) is 0 Å². The lowest BCUT2D eigenvalue weighted by atomic mass is 10.4. The second kappa shape index (κ2) is 6.58. The molecule has 0 atom stereocenters. The average Bonchev–Trinajstić information content (AvgIpc) is 1.85. The summed E-state index contributed by atoms with van der Waals surface area (Å²) in [6.45, 7) is 6.04. The van der Waals surface area contributed by atoms with Crippen molar-refractivity contribution in [3.63, 3.8) is 0 Å². The molecule has 0 aliphatic heterocycles. The fraction of sp³-hybridized carbons (Fsp3) is 0.500. The predicted molar refractivity (Wildman–Crippen MR) is 45.6 cm³/mol. The predicted octanol–water partition coefficient (Wildman–Crippen LogP) is 0.473. The van der Waals surface area contributed by atoms with Gasteiger partial charge in [0.1, 0.15) is 0 Å². The molecule has 0 aliphatic rings. The van der Waals surface area contributed by atoms with Crippen LogP contribution in [-0.2, 0) is 19.4 Å². The van der Waals surface area contributed by atoms with E-state index in [-0.39, 0.29) is 12.2 Å². The minimum absolute atomic E-state index is 0.0289. The van der Waals surface area contributed by atoms with E-state index in [4.69, 9.17) is 9.66 Å². The molecule has 2 N–H and O–H groups in total. The van der Waals surface area contributed by atoms with E-state index in [1.807, 2.05) is 0 Å². The monoisotopic (exact) mass is 212 g/mol. The van der Waals surface area contributed by atoms with E-state index < -0.39 is 16.4 Å². The van der Waals surface area contributed by atoms with Crippen molar-refractivity contribution < 1.29 is 27.1 Å². The van der Waals surface area contributed by atoms with E-state index >= 15 is 0 Å². The molecule has 0 saturated heterocycles. The highest BCUT2D eigenvalue weighted by Gasteiger charge is 1.98. The summed E-state index contributed by atoms with van der Waals surface area (Å²) in [6.07, 6.45) is 0. The lowest BCUT2D eigenvalue weighted by molar-refractivity contribution is -0.132. The van der Waals surface area contributed by atoms with E-state index in [9.17, 15) is 13.2 Å². The summed E-state index contributed by atoms with van der Waals surface area (Å²) < 4.78 is 30.7. The topological polar surface area (TPSA) is 101 Å². The van der Waals surface area contributed by atoms with Crippen LogP contribution in [0.1, 0.15) is 13.8 Å². The van der Waals surface area contributed by atoms with Crippen LogP contribution in [0.15, 0.2) is 12.2 Å². The van der Waals surface area contributed by atoms with Gasteiger partial charge in [-0.05, 0) is 13.8 Å². The van der Waals surface area contributed by atoms with Crippen molar-refractivity contribution in [2.45, 2.75) is 13.8 Å². The molecule has 78 valence electrons. The zero-order chi connectivity index (χ0) is 11.1. The van der Waals surface area contributed by atoms with Gasteiger partial charge in [-0.15, -0.1) is 0 Å². The van der Waals surface area contributed by atoms with Gasteiger partial charge in [0.05, 0.1) is 6.61 Å². The van der Waals surface area contributed by atoms with Crippen LogP contribution in [0.5, 0.6) is 0 Å². The molecule has 0 aliphatic carbocycles. The van der Waals surface area contributed by atoms with E-state index in [1.165, 1.54) is 13.8 Å². The van der Waals surface area contributed by atoms with Gasteiger partial charge in [-0.3, -0.25) is 4.55 Å². The van der Waals surface area contributed by atoms with Crippen LogP contribution < -0.4 is 0 Å². The first-order valence-corrected chi connectivity index (χ1v) is 4.57. The van der Waals surface area contributed by atoms with Gasteiger partial charge in [-0.1, -0.05) is 6.58 Å². The Morgan fingerprint density at radius 2 is 1.85 bits per heavy atom. The zero-order valence-electron chi connectivity index (χ0n) is 7.35.